The van der Waals surface area contributed by atoms with Gasteiger partial charge in [0.15, 0.2) is 0 Å². The van der Waals surface area contributed by atoms with Crippen LogP contribution in [0.4, 0.5) is 0 Å². The molecule has 0 aliphatic carbocycles. The van der Waals surface area contributed by atoms with Crippen LogP contribution in [0.15, 0.2) is 12.3 Å². The monoisotopic (exact) mass is 174 g/mol. The summed E-state index contributed by atoms with van der Waals surface area (Å²) in [6, 6.07) is 1.54. The van der Waals surface area contributed by atoms with Crippen molar-refractivity contribution in [2.24, 2.45) is 0 Å². The molecule has 0 N–H and O–H groups in total. The van der Waals surface area contributed by atoms with Gasteiger partial charge in [0.05, 0.1) is 0 Å². The first-order valence-corrected chi connectivity index (χ1v) is 3.34. The average molecular weight is 175 g/mol. The molecule has 0 radical (unpaired) electrons. The SMILES string of the molecule is COCn1ccc(C(=O)Cl)n1. The molecule has 0 atom stereocenters. The molecule has 0 amide bonds. The standard InChI is InChI=1S/C6H7ClN2O2/c1-11-4-9-3-2-5(8-9)6(7)10/h2-3H,4H2,1H3. The lowest BCUT2D eigenvalue weighted by Crippen LogP contribution is -2.01. The van der Waals surface area contributed by atoms with Crippen molar-refractivity contribution < 1.29 is 9.53 Å². The van der Waals surface area contributed by atoms with Gasteiger partial charge in [0.25, 0.3) is 5.24 Å². The van der Waals surface area contributed by atoms with Gasteiger partial charge in [-0.25, -0.2) is 4.68 Å². The van der Waals surface area contributed by atoms with Crippen molar-refractivity contribution in [3.05, 3.63) is 18.0 Å². The predicted octanol–water partition coefficient (Wildman–Crippen LogP) is 0.866. The number of ether oxygens (including phenoxy) is 1. The van der Waals surface area contributed by atoms with Crippen molar-refractivity contribution >= 4 is 16.8 Å². The van der Waals surface area contributed by atoms with Gasteiger partial charge < -0.3 is 4.74 Å². The number of carbonyl (C=O) groups is 1. The molecule has 1 rings (SSSR count). The summed E-state index contributed by atoms with van der Waals surface area (Å²) < 4.78 is 6.25. The van der Waals surface area contributed by atoms with Crippen LogP contribution >= 0.6 is 11.6 Å². The largest absolute Gasteiger partial charge is 0.362 e. The second kappa shape index (κ2) is 3.50. The van der Waals surface area contributed by atoms with E-state index in [1.54, 1.807) is 13.3 Å². The van der Waals surface area contributed by atoms with Gasteiger partial charge in [-0.15, -0.1) is 0 Å². The van der Waals surface area contributed by atoms with Gasteiger partial charge in [-0.2, -0.15) is 5.10 Å². The highest BCUT2D eigenvalue weighted by Crippen LogP contribution is 1.99. The number of aromatic nitrogens is 2. The Balaban J connectivity index is 2.73. The molecule has 0 fully saturated rings. The summed E-state index contributed by atoms with van der Waals surface area (Å²) in [5, 5.41) is 3.25. The smallest absolute Gasteiger partial charge is 0.272 e. The van der Waals surface area contributed by atoms with Crippen molar-refractivity contribution in [3.63, 3.8) is 0 Å². The number of methoxy groups -OCH3 is 1. The number of hydrogen-bond acceptors (Lipinski definition) is 3. The van der Waals surface area contributed by atoms with Gasteiger partial charge in [-0.1, -0.05) is 0 Å². The zero-order valence-corrected chi connectivity index (χ0v) is 6.71. The Morgan fingerprint density at radius 3 is 3.09 bits per heavy atom. The van der Waals surface area contributed by atoms with Crippen LogP contribution < -0.4 is 0 Å². The quantitative estimate of drug-likeness (QED) is 0.639. The summed E-state index contributed by atoms with van der Waals surface area (Å²) in [5.41, 5.74) is 0.240. The third-order valence-corrected chi connectivity index (χ3v) is 1.30. The third-order valence-electron chi connectivity index (χ3n) is 1.10. The van der Waals surface area contributed by atoms with Crippen LogP contribution in [0.2, 0.25) is 0 Å². The van der Waals surface area contributed by atoms with Crippen molar-refractivity contribution in [2.45, 2.75) is 6.73 Å². The van der Waals surface area contributed by atoms with E-state index < -0.39 is 5.24 Å². The van der Waals surface area contributed by atoms with Crippen molar-refractivity contribution in [1.82, 2.24) is 9.78 Å². The lowest BCUT2D eigenvalue weighted by molar-refractivity contribution is 0.106. The summed E-state index contributed by atoms with van der Waals surface area (Å²) in [4.78, 5) is 10.5. The normalized spacial score (nSPS) is 10.0. The molecule has 1 heterocycles. The molecule has 0 spiro atoms. The van der Waals surface area contributed by atoms with E-state index in [0.717, 1.165) is 0 Å². The maximum Gasteiger partial charge on any atom is 0.272 e. The fraction of sp³-hybridized carbons (Fsp3) is 0.333. The topological polar surface area (TPSA) is 44.1 Å². The number of nitrogens with zero attached hydrogens (tertiary/aromatic N) is 2. The van der Waals surface area contributed by atoms with Crippen molar-refractivity contribution in [1.29, 1.82) is 0 Å². The van der Waals surface area contributed by atoms with Crippen LogP contribution in [-0.4, -0.2) is 22.1 Å². The molecule has 1 aromatic heterocycles. The minimum Gasteiger partial charge on any atom is -0.362 e. The second-order valence-electron chi connectivity index (χ2n) is 1.93. The number of hydrogen-bond donors (Lipinski definition) is 0. The van der Waals surface area contributed by atoms with Gasteiger partial charge in [0.1, 0.15) is 12.4 Å². The fourth-order valence-corrected chi connectivity index (χ4v) is 0.771. The Hall–Kier alpha value is -0.870. The first-order valence-electron chi connectivity index (χ1n) is 2.96. The molecule has 0 saturated heterocycles. The molecular weight excluding hydrogens is 168 g/mol. The molecule has 0 unspecified atom stereocenters. The third kappa shape index (κ3) is 2.03. The molecule has 1 aromatic rings. The molecule has 0 bridgehead atoms. The lowest BCUT2D eigenvalue weighted by Gasteiger charge is -1.95. The molecule has 0 aliphatic rings. The number of rotatable bonds is 3. The van der Waals surface area contributed by atoms with Gasteiger partial charge >= 0.3 is 0 Å². The Bertz CT molecular complexity index is 259. The highest BCUT2D eigenvalue weighted by molar-refractivity contribution is 6.67. The second-order valence-corrected chi connectivity index (χ2v) is 2.28. The van der Waals surface area contributed by atoms with Crippen LogP contribution in [-0.2, 0) is 11.5 Å². The Morgan fingerprint density at radius 1 is 1.91 bits per heavy atom. The van der Waals surface area contributed by atoms with Gasteiger partial charge in [-0.05, 0) is 17.7 Å². The molecule has 11 heavy (non-hydrogen) atoms. The zero-order valence-electron chi connectivity index (χ0n) is 5.95. The maximum atomic E-state index is 10.5. The van der Waals surface area contributed by atoms with E-state index in [1.807, 2.05) is 0 Å². The first kappa shape index (κ1) is 8.23. The van der Waals surface area contributed by atoms with Crippen LogP contribution in [0, 0.1) is 0 Å². The van der Waals surface area contributed by atoms with Crippen LogP contribution in [0.25, 0.3) is 0 Å². The van der Waals surface area contributed by atoms with Crippen LogP contribution in [0.1, 0.15) is 10.5 Å². The molecule has 0 aliphatic heterocycles. The zero-order chi connectivity index (χ0) is 8.27. The minimum absolute atomic E-state index is 0.240. The molecule has 4 nitrogen and oxygen atoms in total. The minimum atomic E-state index is -0.556. The first-order chi connectivity index (χ1) is 5.24. The van der Waals surface area contributed by atoms with E-state index in [9.17, 15) is 4.79 Å². The highest BCUT2D eigenvalue weighted by atomic mass is 35.5. The summed E-state index contributed by atoms with van der Waals surface area (Å²) in [6.45, 7) is 0.324. The lowest BCUT2D eigenvalue weighted by atomic mass is 10.5. The van der Waals surface area contributed by atoms with E-state index >= 15 is 0 Å². The molecule has 5 heteroatoms. The van der Waals surface area contributed by atoms with Gasteiger partial charge in [0.2, 0.25) is 0 Å². The summed E-state index contributed by atoms with van der Waals surface area (Å²) >= 11 is 5.16. The van der Waals surface area contributed by atoms with E-state index in [2.05, 4.69) is 5.10 Å². The van der Waals surface area contributed by atoms with E-state index in [0.29, 0.717) is 6.73 Å². The Labute approximate surface area is 68.7 Å². The summed E-state index contributed by atoms with van der Waals surface area (Å²) in [6.07, 6.45) is 1.62. The molecule has 60 valence electrons. The molecule has 0 saturated carbocycles. The van der Waals surface area contributed by atoms with E-state index in [-0.39, 0.29) is 5.69 Å². The van der Waals surface area contributed by atoms with Crippen LogP contribution in [0.3, 0.4) is 0 Å². The van der Waals surface area contributed by atoms with Gasteiger partial charge in [-0.3, -0.25) is 4.79 Å². The number of halogens is 1. The van der Waals surface area contributed by atoms with Crippen molar-refractivity contribution in [3.8, 4) is 0 Å². The average Bonchev–Trinajstić information content (AvgIpc) is 2.37. The summed E-state index contributed by atoms with van der Waals surface area (Å²) in [5.74, 6) is 0. The molecular formula is C6H7ClN2O2. The van der Waals surface area contributed by atoms with Crippen molar-refractivity contribution in [2.75, 3.05) is 7.11 Å². The maximum absolute atomic E-state index is 10.5. The Kier molecular flexibility index (Phi) is 2.62. The van der Waals surface area contributed by atoms with Crippen LogP contribution in [0.5, 0.6) is 0 Å². The van der Waals surface area contributed by atoms with E-state index in [4.69, 9.17) is 16.3 Å². The summed E-state index contributed by atoms with van der Waals surface area (Å²) in [7, 11) is 1.55. The number of carbonyl (C=O) groups excluding carboxylic acids is 1. The van der Waals surface area contributed by atoms with E-state index in [1.165, 1.54) is 10.7 Å². The fourth-order valence-electron chi connectivity index (χ4n) is 0.671. The van der Waals surface area contributed by atoms with Gasteiger partial charge in [0, 0.05) is 13.3 Å². The Morgan fingerprint density at radius 2 is 2.64 bits per heavy atom. The predicted molar refractivity (Wildman–Crippen MR) is 39.4 cm³/mol. The molecule has 0 aromatic carbocycles. The highest BCUT2D eigenvalue weighted by Gasteiger charge is 2.04.